The number of likely N-dealkylation sites (tertiary alicyclic amines) is 1. The lowest BCUT2D eigenvalue weighted by molar-refractivity contribution is -0.136. The highest BCUT2D eigenvalue weighted by atomic mass is 19.4. The average molecular weight is 559 g/mol. The van der Waals surface area contributed by atoms with Crippen LogP contribution >= 0.6 is 0 Å². The monoisotopic (exact) mass is 558 g/mol. The summed E-state index contributed by atoms with van der Waals surface area (Å²) in [6.07, 6.45) is 0.280. The highest BCUT2D eigenvalue weighted by Gasteiger charge is 2.50. The van der Waals surface area contributed by atoms with Gasteiger partial charge >= 0.3 is 11.9 Å². The second-order valence-corrected chi connectivity index (χ2v) is 10.9. The number of methoxy groups -OCH3 is 1. The molecule has 2 aliphatic rings. The first kappa shape index (κ1) is 26.7. The van der Waals surface area contributed by atoms with Gasteiger partial charge in [0.2, 0.25) is 0 Å². The van der Waals surface area contributed by atoms with E-state index in [2.05, 4.69) is 10.2 Å². The molecule has 0 N–H and O–H groups in total. The molecule has 4 heterocycles. The molecule has 0 amide bonds. The minimum absolute atomic E-state index is 0.0261. The summed E-state index contributed by atoms with van der Waals surface area (Å²) < 4.78 is 66.3. The van der Waals surface area contributed by atoms with Gasteiger partial charge in [-0.05, 0) is 55.5 Å². The van der Waals surface area contributed by atoms with Crippen LogP contribution < -0.4 is 5.69 Å². The van der Waals surface area contributed by atoms with E-state index in [9.17, 15) is 22.4 Å². The Hall–Kier alpha value is -3.51. The van der Waals surface area contributed by atoms with E-state index in [1.54, 1.807) is 37.4 Å². The minimum Gasteiger partial charge on any atom is -0.381 e. The fourth-order valence-electron chi connectivity index (χ4n) is 6.26. The van der Waals surface area contributed by atoms with Crippen molar-refractivity contribution in [3.63, 3.8) is 0 Å². The lowest BCUT2D eigenvalue weighted by Crippen LogP contribution is -2.48. The number of nitrogens with zero attached hydrogens (tertiary/aromatic N) is 6. The Morgan fingerprint density at radius 2 is 1.95 bits per heavy atom. The fourth-order valence-corrected chi connectivity index (χ4v) is 6.26. The molecule has 2 fully saturated rings. The van der Waals surface area contributed by atoms with Crippen LogP contribution in [0.25, 0.3) is 11.2 Å². The van der Waals surface area contributed by atoms with E-state index in [0.717, 1.165) is 21.9 Å². The zero-order chi connectivity index (χ0) is 28.4. The summed E-state index contributed by atoms with van der Waals surface area (Å²) in [5.41, 5.74) is -0.648. The molecule has 1 unspecified atom stereocenters. The molecule has 212 valence electrons. The number of aromatic nitrogens is 5. The molecule has 6 rings (SSSR count). The molecule has 3 aromatic heterocycles. The van der Waals surface area contributed by atoms with Gasteiger partial charge in [-0.3, -0.25) is 13.9 Å². The van der Waals surface area contributed by atoms with Gasteiger partial charge in [0.25, 0.3) is 0 Å². The van der Waals surface area contributed by atoms with Crippen molar-refractivity contribution in [3.8, 4) is 5.69 Å². The van der Waals surface area contributed by atoms with Gasteiger partial charge < -0.3 is 9.30 Å². The number of benzene rings is 1. The smallest absolute Gasteiger partial charge is 0.381 e. The van der Waals surface area contributed by atoms with E-state index in [0.29, 0.717) is 37.1 Å². The minimum atomic E-state index is -4.69. The molecule has 1 aliphatic carbocycles. The number of imidazole rings is 1. The summed E-state index contributed by atoms with van der Waals surface area (Å²) in [5.74, 6) is 0.753. The molecule has 0 radical (unpaired) electrons. The van der Waals surface area contributed by atoms with Crippen LogP contribution in [0.1, 0.15) is 54.7 Å². The Bertz CT molecular complexity index is 1620. The number of rotatable bonds is 6. The normalized spacial score (nSPS) is 24.5. The van der Waals surface area contributed by atoms with Crippen molar-refractivity contribution >= 4 is 5.52 Å². The zero-order valence-corrected chi connectivity index (χ0v) is 22.4. The summed E-state index contributed by atoms with van der Waals surface area (Å²) in [4.78, 5) is 15.4. The van der Waals surface area contributed by atoms with Crippen molar-refractivity contribution in [2.24, 2.45) is 7.05 Å². The first-order valence-electron chi connectivity index (χ1n) is 13.2. The number of pyridine rings is 1. The van der Waals surface area contributed by atoms with E-state index < -0.39 is 35.1 Å². The van der Waals surface area contributed by atoms with Gasteiger partial charge in [0.1, 0.15) is 18.3 Å². The van der Waals surface area contributed by atoms with Crippen LogP contribution in [0, 0.1) is 0 Å². The maximum absolute atomic E-state index is 14.3. The average Bonchev–Trinajstić information content (AvgIpc) is 3.61. The SMILES string of the molecule is COC1CC(c2cccc(-n3cc4c(C(F)(F)F)cc(C(C)N5CC[C@@H](F)C5)cn4c3=O)c2)(c2nncn2C)C1. The van der Waals surface area contributed by atoms with Crippen molar-refractivity contribution in [1.82, 2.24) is 28.6 Å². The van der Waals surface area contributed by atoms with Gasteiger partial charge in [-0.1, -0.05) is 12.1 Å². The first-order valence-corrected chi connectivity index (χ1v) is 13.2. The number of hydrogen-bond donors (Lipinski definition) is 0. The molecule has 1 aliphatic heterocycles. The van der Waals surface area contributed by atoms with Gasteiger partial charge in [-0.15, -0.1) is 10.2 Å². The Kier molecular flexibility index (Phi) is 6.37. The van der Waals surface area contributed by atoms with Gasteiger partial charge in [0.05, 0.1) is 28.3 Å². The van der Waals surface area contributed by atoms with Crippen molar-refractivity contribution in [2.45, 2.75) is 56.1 Å². The maximum atomic E-state index is 14.3. The quantitative estimate of drug-likeness (QED) is 0.328. The van der Waals surface area contributed by atoms with Crippen molar-refractivity contribution in [2.75, 3.05) is 20.2 Å². The van der Waals surface area contributed by atoms with Crippen LogP contribution in [0.5, 0.6) is 0 Å². The van der Waals surface area contributed by atoms with Gasteiger partial charge in [-0.25, -0.2) is 9.18 Å². The van der Waals surface area contributed by atoms with Gasteiger partial charge in [-0.2, -0.15) is 13.2 Å². The van der Waals surface area contributed by atoms with E-state index >= 15 is 0 Å². The zero-order valence-electron chi connectivity index (χ0n) is 22.4. The standard InChI is InChI=1S/C28H30F4N6O2/c1-17(36-8-7-20(29)14-36)18-9-23(28(30,31)32)24-15-37(26(39)38(24)13-18)21-6-4-5-19(10-21)27(11-22(12-27)40-3)25-34-33-16-35(25)2/h4-6,9-10,13,15-17,20,22H,7-8,11-12,14H2,1-3H3/t17?,20-,22?,27?/m1/s1. The molecule has 2 atom stereocenters. The third-order valence-electron chi connectivity index (χ3n) is 8.59. The van der Waals surface area contributed by atoms with Gasteiger partial charge in [0.15, 0.2) is 0 Å². The van der Waals surface area contributed by atoms with E-state index in [1.165, 1.54) is 17.0 Å². The third kappa shape index (κ3) is 4.24. The predicted octanol–water partition coefficient (Wildman–Crippen LogP) is 4.44. The number of aryl methyl sites for hydroxylation is 1. The molecule has 1 aromatic carbocycles. The molecule has 0 bridgehead atoms. The molecule has 12 heteroatoms. The van der Waals surface area contributed by atoms with E-state index in [4.69, 9.17) is 4.74 Å². The second-order valence-electron chi connectivity index (χ2n) is 10.9. The van der Waals surface area contributed by atoms with Crippen LogP contribution in [-0.4, -0.2) is 61.1 Å². The molecule has 1 saturated carbocycles. The predicted molar refractivity (Wildman–Crippen MR) is 139 cm³/mol. The van der Waals surface area contributed by atoms with Crippen LogP contribution in [0.15, 0.2) is 53.8 Å². The topological polar surface area (TPSA) is 69.6 Å². The molecule has 4 aromatic rings. The van der Waals surface area contributed by atoms with E-state index in [1.807, 2.05) is 23.7 Å². The maximum Gasteiger partial charge on any atom is 0.418 e. The first-order chi connectivity index (χ1) is 19.0. The highest BCUT2D eigenvalue weighted by molar-refractivity contribution is 5.58. The highest BCUT2D eigenvalue weighted by Crippen LogP contribution is 2.49. The molecular weight excluding hydrogens is 528 g/mol. The van der Waals surface area contributed by atoms with Gasteiger partial charge in [0, 0.05) is 45.7 Å². The van der Waals surface area contributed by atoms with E-state index in [-0.39, 0.29) is 18.2 Å². The van der Waals surface area contributed by atoms with Crippen molar-refractivity contribution < 1.29 is 22.3 Å². The summed E-state index contributed by atoms with van der Waals surface area (Å²) in [6.45, 7) is 2.34. The van der Waals surface area contributed by atoms with Crippen LogP contribution in [0.2, 0.25) is 0 Å². The lowest BCUT2D eigenvalue weighted by atomic mass is 9.62. The number of alkyl halides is 4. The second kappa shape index (κ2) is 9.55. The van der Waals surface area contributed by atoms with Crippen LogP contribution in [0.4, 0.5) is 17.6 Å². The number of ether oxygens (including phenoxy) is 1. The fraction of sp³-hybridized carbons (Fsp3) is 0.464. The molecule has 1 saturated heterocycles. The Labute approximate surface area is 227 Å². The summed E-state index contributed by atoms with van der Waals surface area (Å²) in [6, 6.07) is 7.83. The lowest BCUT2D eigenvalue weighted by Gasteiger charge is -2.46. The third-order valence-corrected chi connectivity index (χ3v) is 8.59. The van der Waals surface area contributed by atoms with Crippen LogP contribution in [0.3, 0.4) is 0 Å². The van der Waals surface area contributed by atoms with Crippen LogP contribution in [-0.2, 0) is 23.4 Å². The van der Waals surface area contributed by atoms with Crippen molar-refractivity contribution in [3.05, 3.63) is 82.1 Å². The van der Waals surface area contributed by atoms with Crippen molar-refractivity contribution in [1.29, 1.82) is 0 Å². The Morgan fingerprint density at radius 1 is 1.18 bits per heavy atom. The number of hydrogen-bond acceptors (Lipinski definition) is 5. The Balaban J connectivity index is 1.46. The summed E-state index contributed by atoms with van der Waals surface area (Å²) >= 11 is 0. The largest absolute Gasteiger partial charge is 0.418 e. The number of halogens is 4. The summed E-state index contributed by atoms with van der Waals surface area (Å²) in [7, 11) is 3.51. The number of fused-ring (bicyclic) bond motifs is 1. The molecular formula is C28H30F4N6O2. The summed E-state index contributed by atoms with van der Waals surface area (Å²) in [5, 5.41) is 8.38. The Morgan fingerprint density at radius 3 is 2.58 bits per heavy atom. The molecule has 0 spiro atoms. The molecule has 8 nitrogen and oxygen atoms in total. The molecule has 40 heavy (non-hydrogen) atoms.